The summed E-state index contributed by atoms with van der Waals surface area (Å²) in [6, 6.07) is 9.52. The highest BCUT2D eigenvalue weighted by Crippen LogP contribution is 2.34. The predicted octanol–water partition coefficient (Wildman–Crippen LogP) is 1.74. The first-order chi connectivity index (χ1) is 10.2. The number of hydrogen-bond acceptors (Lipinski definition) is 3. The van der Waals surface area contributed by atoms with Gasteiger partial charge in [-0.15, -0.1) is 0 Å². The lowest BCUT2D eigenvalue weighted by Gasteiger charge is -2.06. The molecule has 2 heterocycles. The highest BCUT2D eigenvalue weighted by molar-refractivity contribution is 6.30. The van der Waals surface area contributed by atoms with Crippen molar-refractivity contribution in [2.75, 3.05) is 6.61 Å². The Bertz CT molecular complexity index is 924. The topological polar surface area (TPSA) is 82.2 Å². The second-order valence-electron chi connectivity index (χ2n) is 5.14. The summed E-state index contributed by atoms with van der Waals surface area (Å²) in [5.74, 6) is -0.754. The van der Waals surface area contributed by atoms with Crippen LogP contribution in [0.25, 0.3) is 21.8 Å². The van der Waals surface area contributed by atoms with E-state index >= 15 is 0 Å². The Hall–Kier alpha value is -2.66. The van der Waals surface area contributed by atoms with Crippen LogP contribution in [0.2, 0.25) is 0 Å². The third-order valence-electron chi connectivity index (χ3n) is 3.94. The molecule has 104 valence electrons. The maximum Gasteiger partial charge on any atom is 0.259 e. The van der Waals surface area contributed by atoms with Crippen LogP contribution in [0.4, 0.5) is 0 Å². The zero-order valence-electron chi connectivity index (χ0n) is 11.1. The third-order valence-corrected chi connectivity index (χ3v) is 3.94. The predicted molar refractivity (Wildman–Crippen MR) is 78.4 cm³/mol. The zero-order chi connectivity index (χ0) is 14.6. The summed E-state index contributed by atoms with van der Waals surface area (Å²) < 4.78 is 0. The first-order valence-corrected chi connectivity index (χ1v) is 6.73. The van der Waals surface area contributed by atoms with E-state index in [4.69, 9.17) is 0 Å². The first kappa shape index (κ1) is 12.1. The van der Waals surface area contributed by atoms with Crippen LogP contribution in [-0.2, 0) is 6.42 Å². The molecular weight excluding hydrogens is 268 g/mol. The minimum absolute atomic E-state index is 0.0698. The van der Waals surface area contributed by atoms with Crippen LogP contribution >= 0.6 is 0 Å². The Balaban J connectivity index is 2.21. The number of aromatic amines is 1. The fourth-order valence-corrected chi connectivity index (χ4v) is 3.10. The van der Waals surface area contributed by atoms with E-state index in [0.717, 1.165) is 21.8 Å². The number of aliphatic hydroxyl groups excluding tert-OH is 1. The number of H-pyrrole nitrogens is 1. The average molecular weight is 280 g/mol. The molecule has 0 saturated heterocycles. The Morgan fingerprint density at radius 3 is 2.57 bits per heavy atom. The SMILES string of the molecule is O=C1NC(=O)c2c1c(CCO)cc1[nH]c3ccccc3c21. The number of aliphatic hydroxyl groups is 1. The van der Waals surface area contributed by atoms with Crippen molar-refractivity contribution in [1.29, 1.82) is 0 Å². The van der Waals surface area contributed by atoms with Gasteiger partial charge in [-0.2, -0.15) is 0 Å². The smallest absolute Gasteiger partial charge is 0.259 e. The van der Waals surface area contributed by atoms with Gasteiger partial charge in [0, 0.05) is 28.4 Å². The van der Waals surface area contributed by atoms with Crippen molar-refractivity contribution >= 4 is 33.6 Å². The molecule has 21 heavy (non-hydrogen) atoms. The van der Waals surface area contributed by atoms with Gasteiger partial charge in [0.25, 0.3) is 11.8 Å². The molecule has 2 amide bonds. The van der Waals surface area contributed by atoms with Gasteiger partial charge >= 0.3 is 0 Å². The molecule has 1 aromatic heterocycles. The molecule has 0 aliphatic carbocycles. The van der Waals surface area contributed by atoms with Crippen molar-refractivity contribution < 1.29 is 14.7 Å². The number of para-hydroxylation sites is 1. The lowest BCUT2D eigenvalue weighted by Crippen LogP contribution is -2.20. The van der Waals surface area contributed by atoms with Gasteiger partial charge < -0.3 is 10.1 Å². The molecule has 3 N–H and O–H groups in total. The van der Waals surface area contributed by atoms with Crippen molar-refractivity contribution in [3.8, 4) is 0 Å². The Kier molecular flexibility index (Phi) is 2.40. The third kappa shape index (κ3) is 1.55. The lowest BCUT2D eigenvalue weighted by atomic mass is 9.95. The molecule has 0 radical (unpaired) electrons. The quantitative estimate of drug-likeness (QED) is 0.625. The fraction of sp³-hybridized carbons (Fsp3) is 0.125. The summed E-state index contributed by atoms with van der Waals surface area (Å²) in [7, 11) is 0. The molecule has 0 bridgehead atoms. The van der Waals surface area contributed by atoms with Crippen molar-refractivity contribution in [1.82, 2.24) is 10.3 Å². The van der Waals surface area contributed by atoms with Crippen molar-refractivity contribution in [2.24, 2.45) is 0 Å². The molecule has 5 nitrogen and oxygen atoms in total. The average Bonchev–Trinajstić information content (AvgIpc) is 2.97. The molecule has 0 saturated carbocycles. The number of carbonyl (C=O) groups is 2. The van der Waals surface area contributed by atoms with Crippen molar-refractivity contribution in [2.45, 2.75) is 6.42 Å². The van der Waals surface area contributed by atoms with Gasteiger partial charge in [-0.05, 0) is 24.1 Å². The van der Waals surface area contributed by atoms with E-state index < -0.39 is 0 Å². The summed E-state index contributed by atoms with van der Waals surface area (Å²) in [6.45, 7) is -0.0698. The molecule has 1 aliphatic rings. The van der Waals surface area contributed by atoms with Crippen LogP contribution < -0.4 is 5.32 Å². The first-order valence-electron chi connectivity index (χ1n) is 6.73. The maximum atomic E-state index is 12.2. The summed E-state index contributed by atoms with van der Waals surface area (Å²) in [6.07, 6.45) is 0.342. The Morgan fingerprint density at radius 1 is 1.00 bits per heavy atom. The molecule has 1 aliphatic heterocycles. The van der Waals surface area contributed by atoms with Crippen molar-refractivity contribution in [3.63, 3.8) is 0 Å². The van der Waals surface area contributed by atoms with Gasteiger partial charge in [0.05, 0.1) is 11.1 Å². The number of amides is 2. The van der Waals surface area contributed by atoms with Gasteiger partial charge in [-0.25, -0.2) is 0 Å². The number of benzene rings is 2. The number of carbonyl (C=O) groups excluding carboxylic acids is 2. The second-order valence-corrected chi connectivity index (χ2v) is 5.14. The van der Waals surface area contributed by atoms with Gasteiger partial charge in [0.1, 0.15) is 0 Å². The number of aromatic nitrogens is 1. The normalized spacial score (nSPS) is 14.0. The monoisotopic (exact) mass is 280 g/mol. The van der Waals surface area contributed by atoms with E-state index in [1.807, 2.05) is 30.3 Å². The van der Waals surface area contributed by atoms with Crippen LogP contribution in [-0.4, -0.2) is 28.5 Å². The van der Waals surface area contributed by atoms with Crippen molar-refractivity contribution in [3.05, 3.63) is 47.0 Å². The summed E-state index contributed by atoms with van der Waals surface area (Å²) in [5.41, 5.74) is 3.23. The molecule has 0 spiro atoms. The standard InChI is InChI=1S/C16H12N2O3/c19-6-5-8-7-11-13(9-3-1-2-4-10(9)17-11)14-12(8)15(20)18-16(14)21/h1-4,7,17,19H,5-6H2,(H,18,20,21). The molecule has 0 fully saturated rings. The van der Waals surface area contributed by atoms with E-state index in [0.29, 0.717) is 23.1 Å². The number of imide groups is 1. The summed E-state index contributed by atoms with van der Waals surface area (Å²) >= 11 is 0. The van der Waals surface area contributed by atoms with E-state index in [9.17, 15) is 14.7 Å². The van der Waals surface area contributed by atoms with E-state index in [1.165, 1.54) is 0 Å². The minimum atomic E-state index is -0.384. The molecule has 5 heteroatoms. The van der Waals surface area contributed by atoms with E-state index in [-0.39, 0.29) is 18.4 Å². The zero-order valence-corrected chi connectivity index (χ0v) is 11.1. The van der Waals surface area contributed by atoms with Crippen LogP contribution in [0.3, 0.4) is 0 Å². The Morgan fingerprint density at radius 2 is 1.76 bits per heavy atom. The largest absolute Gasteiger partial charge is 0.396 e. The van der Waals surface area contributed by atoms with Crippen LogP contribution in [0.1, 0.15) is 26.3 Å². The molecule has 2 aromatic carbocycles. The number of rotatable bonds is 2. The number of hydrogen-bond donors (Lipinski definition) is 3. The van der Waals surface area contributed by atoms with E-state index in [1.54, 1.807) is 0 Å². The number of nitrogens with one attached hydrogen (secondary N) is 2. The van der Waals surface area contributed by atoms with Crippen LogP contribution in [0, 0.1) is 0 Å². The fourth-order valence-electron chi connectivity index (χ4n) is 3.10. The number of fused-ring (bicyclic) bond motifs is 5. The van der Waals surface area contributed by atoms with Crippen LogP contribution in [0.5, 0.6) is 0 Å². The second kappa shape index (κ2) is 4.17. The molecular formula is C16H12N2O3. The van der Waals surface area contributed by atoms with Gasteiger partial charge in [0.2, 0.25) is 0 Å². The highest BCUT2D eigenvalue weighted by Gasteiger charge is 2.32. The molecule has 4 rings (SSSR count). The maximum absolute atomic E-state index is 12.2. The van der Waals surface area contributed by atoms with E-state index in [2.05, 4.69) is 10.3 Å². The lowest BCUT2D eigenvalue weighted by molar-refractivity contribution is 0.0880. The van der Waals surface area contributed by atoms with Gasteiger partial charge in [-0.3, -0.25) is 14.9 Å². The van der Waals surface area contributed by atoms with Gasteiger partial charge in [0.15, 0.2) is 0 Å². The molecule has 3 aromatic rings. The minimum Gasteiger partial charge on any atom is -0.396 e. The molecule has 0 atom stereocenters. The van der Waals surface area contributed by atoms with Gasteiger partial charge in [-0.1, -0.05) is 18.2 Å². The highest BCUT2D eigenvalue weighted by atomic mass is 16.3. The summed E-state index contributed by atoms with van der Waals surface area (Å²) in [4.78, 5) is 27.5. The molecule has 0 unspecified atom stereocenters. The Labute approximate surface area is 119 Å². The summed E-state index contributed by atoms with van der Waals surface area (Å²) in [5, 5.41) is 13.2. The van der Waals surface area contributed by atoms with Crippen LogP contribution in [0.15, 0.2) is 30.3 Å².